The maximum Gasteiger partial charge on any atom is 0.243 e. The van der Waals surface area contributed by atoms with E-state index < -0.39 is 41.8 Å². The van der Waals surface area contributed by atoms with E-state index in [0.29, 0.717) is 6.42 Å². The van der Waals surface area contributed by atoms with E-state index in [9.17, 15) is 19.2 Å². The Labute approximate surface area is 240 Å². The van der Waals surface area contributed by atoms with Crippen molar-refractivity contribution in [3.63, 3.8) is 0 Å². The Morgan fingerprint density at radius 2 is 1.44 bits per heavy atom. The predicted octanol–water partition coefficient (Wildman–Crippen LogP) is -0.569. The molecule has 4 amide bonds. The third kappa shape index (κ3) is 11.7. The number of aliphatic imine (C=N–C) groups is 1. The van der Waals surface area contributed by atoms with Crippen LogP contribution in [-0.4, -0.2) is 60.8 Å². The van der Waals surface area contributed by atoms with E-state index in [4.69, 9.17) is 22.9 Å². The van der Waals surface area contributed by atoms with Gasteiger partial charge in [0.05, 0.1) is 6.04 Å². The summed E-state index contributed by atoms with van der Waals surface area (Å²) in [6, 6.07) is 12.2. The molecular formula is C29H42N8O4. The summed E-state index contributed by atoms with van der Waals surface area (Å²) in [5.41, 5.74) is 25.9. The molecule has 0 aromatic heterocycles. The molecule has 222 valence electrons. The molecule has 0 spiro atoms. The van der Waals surface area contributed by atoms with Crippen LogP contribution in [0.2, 0.25) is 0 Å². The minimum atomic E-state index is -1.00. The second-order valence-electron chi connectivity index (χ2n) is 9.95. The number of nitrogens with zero attached hydrogens (tertiary/aromatic N) is 1. The van der Waals surface area contributed by atoms with Gasteiger partial charge in [-0.15, -0.1) is 0 Å². The van der Waals surface area contributed by atoms with Crippen LogP contribution in [0.5, 0.6) is 0 Å². The van der Waals surface area contributed by atoms with Crippen LogP contribution in [0, 0.1) is 13.8 Å². The van der Waals surface area contributed by atoms with Gasteiger partial charge < -0.3 is 38.9 Å². The molecule has 12 heteroatoms. The Kier molecular flexibility index (Phi) is 13.3. The lowest BCUT2D eigenvalue weighted by molar-refractivity contribution is -0.132. The van der Waals surface area contributed by atoms with E-state index in [1.54, 1.807) is 0 Å². The molecule has 2 aromatic carbocycles. The highest BCUT2D eigenvalue weighted by Gasteiger charge is 2.29. The largest absolute Gasteiger partial charge is 0.370 e. The number of benzene rings is 2. The van der Waals surface area contributed by atoms with E-state index in [0.717, 1.165) is 22.3 Å². The van der Waals surface area contributed by atoms with E-state index in [2.05, 4.69) is 20.9 Å². The molecule has 11 N–H and O–H groups in total. The first kappa shape index (κ1) is 32.8. The van der Waals surface area contributed by atoms with Crippen molar-refractivity contribution in [2.45, 2.75) is 64.1 Å². The normalized spacial score (nSPS) is 12.9. The zero-order valence-electron chi connectivity index (χ0n) is 23.7. The maximum absolute atomic E-state index is 13.5. The summed E-state index contributed by atoms with van der Waals surface area (Å²) in [5, 5.41) is 8.19. The Hall–Kier alpha value is -4.45. The van der Waals surface area contributed by atoms with Crippen LogP contribution in [-0.2, 0) is 32.0 Å². The van der Waals surface area contributed by atoms with E-state index >= 15 is 0 Å². The van der Waals surface area contributed by atoms with Crippen molar-refractivity contribution in [2.75, 3.05) is 13.1 Å². The molecule has 0 unspecified atom stereocenters. The number of primary amides is 1. The first-order valence-electron chi connectivity index (χ1n) is 13.5. The molecule has 3 atom stereocenters. The highest BCUT2D eigenvalue weighted by molar-refractivity contribution is 5.93. The summed E-state index contributed by atoms with van der Waals surface area (Å²) in [6.45, 7) is 4.12. The topological polar surface area (TPSA) is 221 Å². The van der Waals surface area contributed by atoms with Crippen LogP contribution in [0.25, 0.3) is 0 Å². The second kappa shape index (κ2) is 16.6. The number of guanidine groups is 1. The zero-order chi connectivity index (χ0) is 30.4. The molecule has 0 heterocycles. The van der Waals surface area contributed by atoms with Crippen molar-refractivity contribution >= 4 is 29.6 Å². The summed E-state index contributed by atoms with van der Waals surface area (Å²) in [6.07, 6.45) is 1.03. The number of nitrogens with two attached hydrogens (primary N) is 4. The molecule has 0 saturated carbocycles. The summed E-state index contributed by atoms with van der Waals surface area (Å²) in [7, 11) is 0. The first-order valence-corrected chi connectivity index (χ1v) is 13.5. The highest BCUT2D eigenvalue weighted by Crippen LogP contribution is 2.16. The molecule has 2 aromatic rings. The van der Waals surface area contributed by atoms with Gasteiger partial charge in [0.25, 0.3) is 0 Å². The van der Waals surface area contributed by atoms with Gasteiger partial charge in [0.1, 0.15) is 12.1 Å². The molecule has 0 saturated heterocycles. The van der Waals surface area contributed by atoms with Crippen molar-refractivity contribution in [1.82, 2.24) is 16.0 Å². The minimum absolute atomic E-state index is 0.0281. The van der Waals surface area contributed by atoms with Crippen molar-refractivity contribution in [1.29, 1.82) is 0 Å². The number of carbonyl (C=O) groups excluding carboxylic acids is 4. The summed E-state index contributed by atoms with van der Waals surface area (Å²) >= 11 is 0. The van der Waals surface area contributed by atoms with Gasteiger partial charge in [-0.25, -0.2) is 0 Å². The number of hydrogen-bond acceptors (Lipinski definition) is 6. The van der Waals surface area contributed by atoms with Crippen molar-refractivity contribution < 1.29 is 19.2 Å². The van der Waals surface area contributed by atoms with E-state index in [-0.39, 0.29) is 44.7 Å². The van der Waals surface area contributed by atoms with Gasteiger partial charge in [-0.05, 0) is 55.4 Å². The predicted molar refractivity (Wildman–Crippen MR) is 158 cm³/mol. The van der Waals surface area contributed by atoms with Gasteiger partial charge in [0.2, 0.25) is 23.6 Å². The summed E-state index contributed by atoms with van der Waals surface area (Å²) < 4.78 is 0. The van der Waals surface area contributed by atoms with Gasteiger partial charge in [-0.3, -0.25) is 24.2 Å². The number of nitrogens with one attached hydrogen (secondary N) is 3. The van der Waals surface area contributed by atoms with Crippen LogP contribution < -0.4 is 38.9 Å². The number of aryl methyl sites for hydroxylation is 2. The quantitative estimate of drug-likeness (QED) is 0.0795. The fourth-order valence-corrected chi connectivity index (χ4v) is 4.30. The van der Waals surface area contributed by atoms with Crippen LogP contribution in [0.3, 0.4) is 0 Å². The van der Waals surface area contributed by atoms with Gasteiger partial charge >= 0.3 is 0 Å². The molecule has 41 heavy (non-hydrogen) atoms. The Bertz CT molecular complexity index is 1190. The third-order valence-electron chi connectivity index (χ3n) is 6.57. The molecule has 0 bridgehead atoms. The first-order chi connectivity index (χ1) is 19.5. The van der Waals surface area contributed by atoms with E-state index in [1.807, 2.05) is 62.4 Å². The molecule has 0 aliphatic rings. The minimum Gasteiger partial charge on any atom is -0.370 e. The van der Waals surface area contributed by atoms with Crippen molar-refractivity contribution in [3.8, 4) is 0 Å². The van der Waals surface area contributed by atoms with Gasteiger partial charge in [-0.1, -0.05) is 48.5 Å². The average molecular weight is 567 g/mol. The number of amides is 4. The molecule has 0 aliphatic heterocycles. The zero-order valence-corrected chi connectivity index (χ0v) is 23.7. The SMILES string of the molecule is Cc1cccc(C)c1C[C@H](NC(=O)[C@@H](CCCN=C(N)N)NC(=O)[C@@H](N)Cc1ccccc1)C(=O)NCCC(N)=O. The highest BCUT2D eigenvalue weighted by atomic mass is 16.2. The Morgan fingerprint density at radius 3 is 2.05 bits per heavy atom. The molecule has 0 aliphatic carbocycles. The Morgan fingerprint density at radius 1 is 0.805 bits per heavy atom. The van der Waals surface area contributed by atoms with Crippen LogP contribution in [0.1, 0.15) is 41.5 Å². The van der Waals surface area contributed by atoms with Gasteiger partial charge in [0.15, 0.2) is 5.96 Å². The van der Waals surface area contributed by atoms with Gasteiger partial charge in [0, 0.05) is 25.9 Å². The van der Waals surface area contributed by atoms with Crippen molar-refractivity contribution in [2.24, 2.45) is 27.9 Å². The lowest BCUT2D eigenvalue weighted by atomic mass is 9.95. The number of rotatable bonds is 16. The lowest BCUT2D eigenvalue weighted by Gasteiger charge is -2.25. The molecule has 2 rings (SSSR count). The number of hydrogen-bond donors (Lipinski definition) is 7. The van der Waals surface area contributed by atoms with Crippen LogP contribution in [0.15, 0.2) is 53.5 Å². The van der Waals surface area contributed by atoms with Gasteiger partial charge in [-0.2, -0.15) is 0 Å². The van der Waals surface area contributed by atoms with Crippen molar-refractivity contribution in [3.05, 3.63) is 70.8 Å². The average Bonchev–Trinajstić information content (AvgIpc) is 2.91. The van der Waals surface area contributed by atoms with Crippen LogP contribution in [0.4, 0.5) is 0 Å². The smallest absolute Gasteiger partial charge is 0.243 e. The second-order valence-corrected chi connectivity index (χ2v) is 9.95. The fraction of sp³-hybridized carbons (Fsp3) is 0.414. The lowest BCUT2D eigenvalue weighted by Crippen LogP contribution is -2.56. The molecular weight excluding hydrogens is 524 g/mol. The molecule has 0 radical (unpaired) electrons. The van der Waals surface area contributed by atoms with E-state index in [1.165, 1.54) is 0 Å². The molecule has 0 fully saturated rings. The van der Waals surface area contributed by atoms with Crippen LogP contribution >= 0.6 is 0 Å². The third-order valence-corrected chi connectivity index (χ3v) is 6.57. The Balaban J connectivity index is 2.23. The summed E-state index contributed by atoms with van der Waals surface area (Å²) in [4.78, 5) is 54.8. The fourth-order valence-electron chi connectivity index (χ4n) is 4.30. The summed E-state index contributed by atoms with van der Waals surface area (Å²) in [5.74, 6) is -2.19. The monoisotopic (exact) mass is 566 g/mol. The molecule has 12 nitrogen and oxygen atoms in total. The maximum atomic E-state index is 13.5. The standard InChI is InChI=1S/C29H42N8O4/c1-18-8-6-9-19(2)21(18)17-24(27(40)34-15-13-25(31)38)37-28(41)23(12-7-14-35-29(32)33)36-26(39)22(30)16-20-10-4-3-5-11-20/h3-6,8-11,22-24H,7,12-17,30H2,1-2H3,(H2,31,38)(H,34,40)(H,36,39)(H,37,41)(H4,32,33,35)/t22-,23+,24-/m0/s1. The number of carbonyl (C=O) groups is 4.